The lowest BCUT2D eigenvalue weighted by molar-refractivity contribution is -0.136. The van der Waals surface area contributed by atoms with Crippen molar-refractivity contribution in [3.63, 3.8) is 0 Å². The van der Waals surface area contributed by atoms with Crippen molar-refractivity contribution in [1.82, 2.24) is 19.6 Å². The van der Waals surface area contributed by atoms with Gasteiger partial charge in [-0.05, 0) is 65.4 Å². The number of carbonyl (C=O) groups is 2. The Bertz CT molecular complexity index is 1670. The van der Waals surface area contributed by atoms with E-state index in [1.807, 2.05) is 30.0 Å². The molecule has 0 aromatic heterocycles. The van der Waals surface area contributed by atoms with Crippen LogP contribution in [0.2, 0.25) is 0 Å². The molecule has 3 aliphatic heterocycles. The monoisotopic (exact) mass is 709 g/mol. The Hall–Kier alpha value is -4.06. The van der Waals surface area contributed by atoms with Crippen LogP contribution in [0, 0.1) is 11.6 Å². The Kier molecular flexibility index (Phi) is 11.8. The summed E-state index contributed by atoms with van der Waals surface area (Å²) in [4.78, 5) is 40.4. The minimum Gasteiger partial charge on any atom is -0.493 e. The number of benzene rings is 3. The van der Waals surface area contributed by atoms with Crippen LogP contribution in [-0.2, 0) is 14.9 Å². The molecule has 3 aliphatic rings. The lowest BCUT2D eigenvalue weighted by Crippen LogP contribution is -2.56. The summed E-state index contributed by atoms with van der Waals surface area (Å²) in [6, 6.07) is 16.7. The predicted molar refractivity (Wildman–Crippen MR) is 191 cm³/mol. The smallest absolute Gasteiger partial charge is 0.326 e. The highest BCUT2D eigenvalue weighted by Gasteiger charge is 2.45. The Balaban J connectivity index is 0.00000486. The molecular weight excluding hydrogens is 664 g/mol. The second kappa shape index (κ2) is 15.9. The number of hydrogen-bond acceptors (Lipinski definition) is 6. The predicted octanol–water partition coefficient (Wildman–Crippen LogP) is 6.22. The zero-order chi connectivity index (χ0) is 34.7. The van der Waals surface area contributed by atoms with Gasteiger partial charge in [0.1, 0.15) is 29.3 Å². The van der Waals surface area contributed by atoms with Gasteiger partial charge in [-0.15, -0.1) is 12.4 Å². The van der Waals surface area contributed by atoms with Crippen molar-refractivity contribution in [3.8, 4) is 5.75 Å². The molecule has 3 heterocycles. The van der Waals surface area contributed by atoms with E-state index in [2.05, 4.69) is 25.7 Å². The van der Waals surface area contributed by atoms with E-state index in [0.717, 1.165) is 11.1 Å². The Labute approximate surface area is 299 Å². The second-order valence-electron chi connectivity index (χ2n) is 13.7. The number of rotatable bonds is 7. The van der Waals surface area contributed by atoms with E-state index >= 15 is 0 Å². The van der Waals surface area contributed by atoms with Crippen LogP contribution in [0.3, 0.4) is 0 Å². The van der Waals surface area contributed by atoms with E-state index in [1.165, 1.54) is 24.3 Å². The van der Waals surface area contributed by atoms with Gasteiger partial charge < -0.3 is 19.3 Å². The lowest BCUT2D eigenvalue weighted by Gasteiger charge is -2.39. The first kappa shape index (κ1) is 37.2. The van der Waals surface area contributed by atoms with E-state index in [1.54, 1.807) is 34.1 Å². The highest BCUT2D eigenvalue weighted by atomic mass is 35.5. The molecule has 0 aliphatic carbocycles. The summed E-state index contributed by atoms with van der Waals surface area (Å²) in [5.74, 6) is 0.340. The molecule has 2 atom stereocenters. The SMILES string of the molecule is CCOc1cc(C(C)(C)C)ccc1C1=N[C@@H](c2ccc(F)cc2)[C@@H](c2ccc(F)cc2)N1C(=O)N1CCN(CC(=O)N2CCOCC2)CC1.Cl. The van der Waals surface area contributed by atoms with Crippen LogP contribution in [-0.4, -0.2) is 103 Å². The molecule has 0 unspecified atom stereocenters. The molecule has 3 aromatic carbocycles. The molecule has 0 spiro atoms. The van der Waals surface area contributed by atoms with Gasteiger partial charge in [-0.25, -0.2) is 13.6 Å². The number of piperazine rings is 1. The van der Waals surface area contributed by atoms with Crippen LogP contribution in [0.4, 0.5) is 13.6 Å². The number of hydrogen-bond donors (Lipinski definition) is 0. The molecule has 12 heteroatoms. The van der Waals surface area contributed by atoms with Crippen molar-refractivity contribution >= 4 is 30.2 Å². The fourth-order valence-electron chi connectivity index (χ4n) is 6.66. The number of aliphatic imine (C=N–C) groups is 1. The van der Waals surface area contributed by atoms with E-state index in [-0.39, 0.29) is 35.6 Å². The van der Waals surface area contributed by atoms with Crippen LogP contribution in [0.15, 0.2) is 71.7 Å². The molecule has 3 aromatic rings. The van der Waals surface area contributed by atoms with Gasteiger partial charge in [0, 0.05) is 39.3 Å². The van der Waals surface area contributed by atoms with E-state index in [0.29, 0.717) is 88.3 Å². The van der Waals surface area contributed by atoms with Crippen LogP contribution < -0.4 is 4.74 Å². The molecule has 50 heavy (non-hydrogen) atoms. The Morgan fingerprint density at radius 3 is 2.02 bits per heavy atom. The van der Waals surface area contributed by atoms with Gasteiger partial charge in [0.15, 0.2) is 0 Å². The molecule has 0 saturated carbocycles. The largest absolute Gasteiger partial charge is 0.493 e. The number of morpholine rings is 1. The van der Waals surface area contributed by atoms with Gasteiger partial charge in [-0.3, -0.25) is 19.6 Å². The second-order valence-corrected chi connectivity index (χ2v) is 13.7. The Morgan fingerprint density at radius 1 is 0.840 bits per heavy atom. The number of urea groups is 1. The van der Waals surface area contributed by atoms with E-state index < -0.39 is 17.9 Å². The van der Waals surface area contributed by atoms with Crippen molar-refractivity contribution in [2.45, 2.75) is 45.2 Å². The number of ether oxygens (including phenoxy) is 2. The Morgan fingerprint density at radius 2 is 1.44 bits per heavy atom. The third-order valence-electron chi connectivity index (χ3n) is 9.45. The summed E-state index contributed by atoms with van der Waals surface area (Å²) in [6.07, 6.45) is 0. The molecular formula is C38H46ClF2N5O4. The lowest BCUT2D eigenvalue weighted by atomic mass is 9.86. The molecule has 2 saturated heterocycles. The topological polar surface area (TPSA) is 77.9 Å². The maximum atomic E-state index is 14.8. The molecule has 9 nitrogen and oxygen atoms in total. The van der Waals surface area contributed by atoms with Gasteiger partial charge >= 0.3 is 6.03 Å². The molecule has 6 rings (SSSR count). The number of carbonyl (C=O) groups excluding carboxylic acids is 2. The summed E-state index contributed by atoms with van der Waals surface area (Å²) in [5, 5.41) is 0. The first-order valence-corrected chi connectivity index (χ1v) is 17.1. The van der Waals surface area contributed by atoms with E-state index in [9.17, 15) is 18.4 Å². The fraction of sp³-hybridized carbons (Fsp3) is 0.447. The maximum absolute atomic E-state index is 14.8. The average molecular weight is 710 g/mol. The third-order valence-corrected chi connectivity index (χ3v) is 9.45. The molecule has 3 amide bonds. The van der Waals surface area contributed by atoms with Gasteiger partial charge in [-0.1, -0.05) is 51.1 Å². The van der Waals surface area contributed by atoms with Gasteiger partial charge in [0.25, 0.3) is 0 Å². The van der Waals surface area contributed by atoms with Crippen molar-refractivity contribution in [1.29, 1.82) is 0 Å². The third kappa shape index (κ3) is 8.11. The van der Waals surface area contributed by atoms with Gasteiger partial charge in [-0.2, -0.15) is 0 Å². The summed E-state index contributed by atoms with van der Waals surface area (Å²) >= 11 is 0. The molecule has 268 valence electrons. The maximum Gasteiger partial charge on any atom is 0.326 e. The quantitative estimate of drug-likeness (QED) is 0.291. The van der Waals surface area contributed by atoms with Crippen molar-refractivity contribution in [2.75, 3.05) is 65.6 Å². The molecule has 2 fully saturated rings. The average Bonchev–Trinajstić information content (AvgIpc) is 3.49. The standard InChI is InChI=1S/C38H45F2N5O4.ClH/c1-5-49-32-24-28(38(2,3)4)10-15-31(32)36-41-34(26-6-11-29(39)12-7-26)35(27-8-13-30(40)14-9-27)45(36)37(47)44-18-16-42(17-19-44)25-33(46)43-20-22-48-23-21-43;/h6-15,24,34-35H,5,16-23,25H2,1-4H3;1H/t34-,35+;/m0./s1. The molecule has 0 bridgehead atoms. The van der Waals surface area contributed by atoms with Crippen molar-refractivity contribution < 1.29 is 27.8 Å². The summed E-state index contributed by atoms with van der Waals surface area (Å²) in [5.41, 5.74) is 3.01. The van der Waals surface area contributed by atoms with Crippen LogP contribution >= 0.6 is 12.4 Å². The van der Waals surface area contributed by atoms with Crippen LogP contribution in [0.25, 0.3) is 0 Å². The number of amides is 3. The number of halogens is 3. The fourth-order valence-corrected chi connectivity index (χ4v) is 6.66. The zero-order valence-corrected chi connectivity index (χ0v) is 29.9. The van der Waals surface area contributed by atoms with Crippen molar-refractivity contribution in [2.24, 2.45) is 4.99 Å². The summed E-state index contributed by atoms with van der Waals surface area (Å²) in [7, 11) is 0. The number of amidine groups is 1. The number of nitrogens with zero attached hydrogens (tertiary/aromatic N) is 5. The zero-order valence-electron chi connectivity index (χ0n) is 29.1. The summed E-state index contributed by atoms with van der Waals surface area (Å²) < 4.78 is 39.9. The van der Waals surface area contributed by atoms with E-state index in [4.69, 9.17) is 14.5 Å². The van der Waals surface area contributed by atoms with Crippen LogP contribution in [0.5, 0.6) is 5.75 Å². The highest BCUT2D eigenvalue weighted by Crippen LogP contribution is 2.45. The van der Waals surface area contributed by atoms with Gasteiger partial charge in [0.05, 0.1) is 38.0 Å². The first-order valence-electron chi connectivity index (χ1n) is 17.1. The molecule has 0 radical (unpaired) electrons. The minimum atomic E-state index is -0.647. The normalized spacial score (nSPS) is 20.0. The minimum absolute atomic E-state index is 0. The van der Waals surface area contributed by atoms with Crippen molar-refractivity contribution in [3.05, 3.63) is 101 Å². The first-order chi connectivity index (χ1) is 23.5. The van der Waals surface area contributed by atoms with Crippen LogP contribution in [0.1, 0.15) is 62.0 Å². The summed E-state index contributed by atoms with van der Waals surface area (Å²) in [6.45, 7) is 13.2. The highest BCUT2D eigenvalue weighted by molar-refractivity contribution is 6.11. The van der Waals surface area contributed by atoms with Gasteiger partial charge in [0.2, 0.25) is 5.91 Å². The molecule has 0 N–H and O–H groups in total.